The first kappa shape index (κ1) is 17.2. The topological polar surface area (TPSA) is 0 Å². The van der Waals surface area contributed by atoms with Crippen molar-refractivity contribution >= 4 is 29.2 Å². The number of hydrogen-bond donors (Lipinski definition) is 0. The molecule has 2 heteroatoms. The van der Waals surface area contributed by atoms with E-state index in [2.05, 4.69) is 96.3 Å². The van der Waals surface area contributed by atoms with Gasteiger partial charge in [-0.1, -0.05) is 107 Å². The number of rotatable bonds is 7. The van der Waals surface area contributed by atoms with Crippen LogP contribution in [0.2, 0.25) is 19.1 Å². The summed E-state index contributed by atoms with van der Waals surface area (Å²) in [5.74, 6) is 0. The van der Waals surface area contributed by atoms with Crippen LogP contribution in [-0.2, 0) is 6.42 Å². The van der Waals surface area contributed by atoms with Gasteiger partial charge in [0.25, 0.3) is 0 Å². The maximum Gasteiger partial charge on any atom is 0.0846 e. The molecule has 0 fully saturated rings. The third-order valence-electron chi connectivity index (χ3n) is 4.20. The molecule has 1 unspecified atom stereocenters. The lowest BCUT2D eigenvalue weighted by molar-refractivity contribution is 0.836. The molecule has 0 aliphatic heterocycles. The highest BCUT2D eigenvalue weighted by atomic mass is 79.9. The molecule has 22 heavy (non-hydrogen) atoms. The van der Waals surface area contributed by atoms with E-state index in [-0.39, 0.29) is 0 Å². The summed E-state index contributed by atoms with van der Waals surface area (Å²) in [5.41, 5.74) is 2.75. The first-order chi connectivity index (χ1) is 10.5. The first-order valence-corrected chi connectivity index (χ1v) is 12.0. The number of allylic oxidation sites excluding steroid dienone is 1. The van der Waals surface area contributed by atoms with E-state index in [1.807, 2.05) is 0 Å². The highest BCUT2D eigenvalue weighted by molar-refractivity contribution is 9.09. The zero-order valence-corrected chi connectivity index (χ0v) is 16.1. The molecule has 0 aromatic heterocycles. The van der Waals surface area contributed by atoms with Crippen LogP contribution < -0.4 is 5.19 Å². The molecule has 0 spiro atoms. The smallest absolute Gasteiger partial charge is 0.0846 e. The van der Waals surface area contributed by atoms with Crippen LogP contribution in [0.3, 0.4) is 0 Å². The normalized spacial score (nSPS) is 12.9. The lowest BCUT2D eigenvalue weighted by Crippen LogP contribution is -2.41. The molecule has 2 rings (SSSR count). The summed E-state index contributed by atoms with van der Waals surface area (Å²) in [5, 5.41) is 1.51. The van der Waals surface area contributed by atoms with Crippen molar-refractivity contribution in [1.82, 2.24) is 0 Å². The standard InChI is InChI=1S/C20H25BrSi/c1-17(16-22(2,3)19-12-8-5-9-13-19)20(21)15-14-18-10-6-4-7-11-18/h4-13,20H,1,14-16H2,2-3H3. The average Bonchev–Trinajstić information content (AvgIpc) is 2.54. The summed E-state index contributed by atoms with van der Waals surface area (Å²) in [6.45, 7) is 9.24. The minimum absolute atomic E-state index is 0.406. The molecule has 1 atom stereocenters. The van der Waals surface area contributed by atoms with Crippen molar-refractivity contribution in [2.75, 3.05) is 0 Å². The van der Waals surface area contributed by atoms with Crippen molar-refractivity contribution in [3.63, 3.8) is 0 Å². The number of alkyl halides is 1. The molecule has 0 aliphatic carbocycles. The van der Waals surface area contributed by atoms with Crippen LogP contribution in [0.4, 0.5) is 0 Å². The summed E-state index contributed by atoms with van der Waals surface area (Å²) in [6, 6.07) is 22.8. The van der Waals surface area contributed by atoms with Crippen molar-refractivity contribution in [1.29, 1.82) is 0 Å². The highest BCUT2D eigenvalue weighted by Crippen LogP contribution is 2.25. The van der Waals surface area contributed by atoms with Crippen LogP contribution in [0.25, 0.3) is 0 Å². The van der Waals surface area contributed by atoms with Crippen LogP contribution in [0.1, 0.15) is 12.0 Å². The van der Waals surface area contributed by atoms with Crippen molar-refractivity contribution in [2.24, 2.45) is 0 Å². The van der Waals surface area contributed by atoms with E-state index in [9.17, 15) is 0 Å². The minimum atomic E-state index is -1.44. The third kappa shape index (κ3) is 4.96. The van der Waals surface area contributed by atoms with E-state index >= 15 is 0 Å². The summed E-state index contributed by atoms with van der Waals surface area (Å²) in [4.78, 5) is 0.406. The molecule has 0 saturated heterocycles. The summed E-state index contributed by atoms with van der Waals surface area (Å²) in [6.07, 6.45) is 2.21. The number of hydrogen-bond acceptors (Lipinski definition) is 0. The first-order valence-electron chi connectivity index (χ1n) is 7.90. The zero-order chi connectivity index (χ0) is 16.0. The lowest BCUT2D eigenvalue weighted by Gasteiger charge is -2.26. The SMILES string of the molecule is C=C(C[Si](C)(C)c1ccccc1)C(Br)CCc1ccccc1. The maximum absolute atomic E-state index is 4.37. The van der Waals surface area contributed by atoms with Crippen LogP contribution in [0.5, 0.6) is 0 Å². The van der Waals surface area contributed by atoms with Gasteiger partial charge in [0, 0.05) is 4.83 Å². The monoisotopic (exact) mass is 372 g/mol. The lowest BCUT2D eigenvalue weighted by atomic mass is 10.1. The van der Waals surface area contributed by atoms with Gasteiger partial charge in [-0.2, -0.15) is 0 Å². The molecule has 0 amide bonds. The molecule has 0 nitrogen and oxygen atoms in total. The Bertz CT molecular complexity index is 590. The number of halogens is 1. The number of aryl methyl sites for hydroxylation is 1. The summed E-state index contributed by atoms with van der Waals surface area (Å²) < 4.78 is 0. The Morgan fingerprint density at radius 2 is 1.55 bits per heavy atom. The molecule has 0 bridgehead atoms. The maximum atomic E-state index is 4.37. The molecule has 2 aromatic carbocycles. The van der Waals surface area contributed by atoms with Gasteiger partial charge in [-0.05, 0) is 24.4 Å². The Morgan fingerprint density at radius 3 is 2.14 bits per heavy atom. The fourth-order valence-corrected chi connectivity index (χ4v) is 6.18. The van der Waals surface area contributed by atoms with E-state index in [4.69, 9.17) is 0 Å². The van der Waals surface area contributed by atoms with Crippen molar-refractivity contribution in [2.45, 2.75) is 36.8 Å². The quantitative estimate of drug-likeness (QED) is 0.339. The van der Waals surface area contributed by atoms with Crippen LogP contribution >= 0.6 is 15.9 Å². The Kier molecular flexibility index (Phi) is 6.22. The summed E-state index contributed by atoms with van der Waals surface area (Å²) in [7, 11) is -1.44. The van der Waals surface area contributed by atoms with E-state index < -0.39 is 8.07 Å². The predicted octanol–water partition coefficient (Wildman–Crippen LogP) is 5.55. The van der Waals surface area contributed by atoms with Gasteiger partial charge in [-0.25, -0.2) is 0 Å². The van der Waals surface area contributed by atoms with Gasteiger partial charge in [-0.15, -0.1) is 0 Å². The van der Waals surface area contributed by atoms with E-state index in [1.54, 1.807) is 0 Å². The molecule has 0 heterocycles. The molecule has 0 aliphatic rings. The van der Waals surface area contributed by atoms with Gasteiger partial charge in [0.05, 0.1) is 8.07 Å². The second-order valence-corrected chi connectivity index (χ2v) is 12.4. The van der Waals surface area contributed by atoms with Gasteiger partial charge in [0.2, 0.25) is 0 Å². The van der Waals surface area contributed by atoms with Crippen LogP contribution in [0, 0.1) is 0 Å². The predicted molar refractivity (Wildman–Crippen MR) is 105 cm³/mol. The molecule has 0 N–H and O–H groups in total. The Labute approximate surface area is 144 Å². The van der Waals surface area contributed by atoms with Crippen molar-refractivity contribution in [3.8, 4) is 0 Å². The fraction of sp³-hybridized carbons (Fsp3) is 0.300. The Hall–Kier alpha value is -1.12. The van der Waals surface area contributed by atoms with Gasteiger partial charge in [0.1, 0.15) is 0 Å². The Morgan fingerprint density at radius 1 is 1.00 bits per heavy atom. The van der Waals surface area contributed by atoms with E-state index in [1.165, 1.54) is 16.3 Å². The Balaban J connectivity index is 1.91. The van der Waals surface area contributed by atoms with Crippen molar-refractivity contribution < 1.29 is 0 Å². The molecule has 116 valence electrons. The van der Waals surface area contributed by atoms with Crippen LogP contribution in [0.15, 0.2) is 72.8 Å². The fourth-order valence-electron chi connectivity index (χ4n) is 2.81. The molecule has 2 aromatic rings. The van der Waals surface area contributed by atoms with Gasteiger partial charge >= 0.3 is 0 Å². The molecular formula is C20H25BrSi. The highest BCUT2D eigenvalue weighted by Gasteiger charge is 2.25. The van der Waals surface area contributed by atoms with Crippen LogP contribution in [-0.4, -0.2) is 12.9 Å². The third-order valence-corrected chi connectivity index (χ3v) is 8.54. The molecular weight excluding hydrogens is 348 g/mol. The molecule has 0 radical (unpaired) electrons. The number of benzene rings is 2. The molecule has 0 saturated carbocycles. The largest absolute Gasteiger partial charge is 0.0990 e. The second kappa shape index (κ2) is 7.93. The van der Waals surface area contributed by atoms with Gasteiger partial charge in [-0.3, -0.25) is 0 Å². The van der Waals surface area contributed by atoms with E-state index in [0.717, 1.165) is 18.9 Å². The average molecular weight is 373 g/mol. The van der Waals surface area contributed by atoms with E-state index in [0.29, 0.717) is 4.83 Å². The van der Waals surface area contributed by atoms with Gasteiger partial charge < -0.3 is 0 Å². The minimum Gasteiger partial charge on any atom is -0.0990 e. The second-order valence-electron chi connectivity index (χ2n) is 6.58. The van der Waals surface area contributed by atoms with Crippen molar-refractivity contribution in [3.05, 3.63) is 78.4 Å². The van der Waals surface area contributed by atoms with Gasteiger partial charge in [0.15, 0.2) is 0 Å². The zero-order valence-electron chi connectivity index (χ0n) is 13.6. The summed E-state index contributed by atoms with van der Waals surface area (Å²) >= 11 is 3.85.